The Morgan fingerprint density at radius 2 is 1.76 bits per heavy atom. The number of ether oxygens (including phenoxy) is 1. The summed E-state index contributed by atoms with van der Waals surface area (Å²) in [5, 5.41) is 7.26. The lowest BCUT2D eigenvalue weighted by molar-refractivity contribution is -0.326. The Morgan fingerprint density at radius 1 is 1.00 bits per heavy atom. The van der Waals surface area contributed by atoms with Gasteiger partial charge in [-0.15, -0.1) is 0 Å². The normalized spacial score (nSPS) is 11.3. The Bertz CT molecular complexity index is 1730. The molecule has 2 aromatic heterocycles. The van der Waals surface area contributed by atoms with E-state index in [0.717, 1.165) is 5.52 Å². The number of hydrogen-bond donors (Lipinski definition) is 4. The second kappa shape index (κ2) is 11.0. The van der Waals surface area contributed by atoms with Crippen molar-refractivity contribution < 1.29 is 36.9 Å². The van der Waals surface area contributed by atoms with Gasteiger partial charge in [0.05, 0.1) is 29.7 Å². The van der Waals surface area contributed by atoms with Crippen molar-refractivity contribution in [1.82, 2.24) is 14.5 Å². The van der Waals surface area contributed by atoms with Crippen LogP contribution in [0.4, 0.5) is 39.7 Å². The third-order valence-corrected chi connectivity index (χ3v) is 5.76. The first-order chi connectivity index (χ1) is 19.5. The van der Waals surface area contributed by atoms with Gasteiger partial charge in [0.25, 0.3) is 5.91 Å². The van der Waals surface area contributed by atoms with Gasteiger partial charge < -0.3 is 19.9 Å². The van der Waals surface area contributed by atoms with Crippen LogP contribution in [0.3, 0.4) is 0 Å². The molecule has 210 valence electrons. The maximum absolute atomic E-state index is 13.9. The molecule has 0 aliphatic carbocycles. The lowest BCUT2D eigenvalue weighted by atomic mass is 10.2. The number of hydrogen-bond acceptors (Lipinski definition) is 4. The van der Waals surface area contributed by atoms with Crippen LogP contribution in [-0.2, 0) is 24.4 Å². The van der Waals surface area contributed by atoms with Gasteiger partial charge in [-0.05, 0) is 54.6 Å². The topological polar surface area (TPSA) is 127 Å². The standard InChI is InChI=1S/C27H21F4N7O3/c1-38-13-17(32-14-38)11-24(39)37-25-34-21-9-7-19(12-23(21)35-25)41-18-5-3-16(4-6-18)33-26(40)36-22-10-15(27(29,30)31)2-8-20(22)28/h2-10,12-14H,11H2,1H3,(H2,33,36,40)(H2,34,35,37,39)/p+1. The van der Waals surface area contributed by atoms with Crippen LogP contribution in [0.2, 0.25) is 0 Å². The average molecular weight is 569 g/mol. The monoisotopic (exact) mass is 568 g/mol. The smallest absolute Gasteiger partial charge is 0.416 e. The minimum Gasteiger partial charge on any atom is -0.457 e. The number of H-pyrrole nitrogens is 2. The van der Waals surface area contributed by atoms with Crippen molar-refractivity contribution in [1.29, 1.82) is 0 Å². The number of halogens is 4. The lowest BCUT2D eigenvalue weighted by Gasteiger charge is -2.12. The van der Waals surface area contributed by atoms with Gasteiger partial charge in [-0.1, -0.05) is 0 Å². The highest BCUT2D eigenvalue weighted by Gasteiger charge is 2.31. The Kier molecular flexibility index (Phi) is 7.29. The number of aromatic nitrogens is 4. The maximum Gasteiger partial charge on any atom is 0.416 e. The quantitative estimate of drug-likeness (QED) is 0.194. The predicted octanol–water partition coefficient (Wildman–Crippen LogP) is 5.49. The number of fused-ring (bicyclic) bond motifs is 1. The van der Waals surface area contributed by atoms with E-state index >= 15 is 0 Å². The van der Waals surface area contributed by atoms with Crippen molar-refractivity contribution in [2.75, 3.05) is 16.0 Å². The van der Waals surface area contributed by atoms with E-state index in [4.69, 9.17) is 4.74 Å². The zero-order valence-electron chi connectivity index (χ0n) is 21.3. The Balaban J connectivity index is 1.18. The summed E-state index contributed by atoms with van der Waals surface area (Å²) in [6.07, 6.45) is -1.18. The largest absolute Gasteiger partial charge is 0.457 e. The van der Waals surface area contributed by atoms with E-state index in [1.807, 2.05) is 7.05 Å². The molecular weight excluding hydrogens is 546 g/mol. The first-order valence-corrected chi connectivity index (χ1v) is 12.1. The van der Waals surface area contributed by atoms with Crippen molar-refractivity contribution in [3.8, 4) is 11.5 Å². The van der Waals surface area contributed by atoms with Gasteiger partial charge in [-0.3, -0.25) is 4.79 Å². The van der Waals surface area contributed by atoms with Crippen LogP contribution in [0.15, 0.2) is 73.2 Å². The van der Waals surface area contributed by atoms with E-state index in [-0.39, 0.29) is 12.3 Å². The minimum absolute atomic E-state index is 0.118. The first-order valence-electron chi connectivity index (χ1n) is 12.1. The number of nitrogens with one attached hydrogen (secondary N) is 5. The number of benzene rings is 3. The van der Waals surface area contributed by atoms with Crippen LogP contribution in [-0.4, -0.2) is 26.5 Å². The molecule has 0 spiro atoms. The summed E-state index contributed by atoms with van der Waals surface area (Å²) < 4.78 is 60.2. The summed E-state index contributed by atoms with van der Waals surface area (Å²) in [6, 6.07) is 12.2. The summed E-state index contributed by atoms with van der Waals surface area (Å²) in [6.45, 7) is 0. The molecule has 0 saturated carbocycles. The summed E-state index contributed by atoms with van der Waals surface area (Å²) in [5.41, 5.74) is 0.643. The molecule has 3 aromatic carbocycles. The lowest BCUT2D eigenvalue weighted by Crippen LogP contribution is -2.20. The van der Waals surface area contributed by atoms with E-state index in [0.29, 0.717) is 52.5 Å². The highest BCUT2D eigenvalue weighted by molar-refractivity contribution is 6.00. The second-order valence-corrected chi connectivity index (χ2v) is 8.99. The molecule has 2 heterocycles. The summed E-state index contributed by atoms with van der Waals surface area (Å²) in [4.78, 5) is 34.8. The SMILES string of the molecule is Cn1cnc(CC(=O)Nc2[nH]c3cc(Oc4ccc(NC(=O)Nc5cc(C(F)(F)F)ccc5F)cc4)ccc3[nH+]2)c1. The molecule has 0 saturated heterocycles. The number of carbonyl (C=O) groups is 2. The molecule has 41 heavy (non-hydrogen) atoms. The van der Waals surface area contributed by atoms with Crippen molar-refractivity contribution in [3.63, 3.8) is 0 Å². The molecule has 5 N–H and O–H groups in total. The van der Waals surface area contributed by atoms with E-state index in [2.05, 4.69) is 30.9 Å². The molecule has 3 amide bonds. The maximum atomic E-state index is 13.9. The summed E-state index contributed by atoms with van der Waals surface area (Å²) >= 11 is 0. The van der Waals surface area contributed by atoms with Crippen molar-refractivity contribution in [3.05, 3.63) is 90.3 Å². The van der Waals surface area contributed by atoms with Gasteiger partial charge in [-0.25, -0.2) is 29.5 Å². The van der Waals surface area contributed by atoms with Gasteiger partial charge in [0.15, 0.2) is 0 Å². The number of aryl methyl sites for hydroxylation is 1. The molecule has 5 aromatic rings. The molecule has 5 rings (SSSR count). The summed E-state index contributed by atoms with van der Waals surface area (Å²) in [5.74, 6) is 0.0610. The number of anilines is 3. The fourth-order valence-electron chi connectivity index (χ4n) is 3.89. The van der Waals surface area contributed by atoms with Gasteiger partial charge in [-0.2, -0.15) is 13.2 Å². The molecule has 10 nitrogen and oxygen atoms in total. The average Bonchev–Trinajstić information content (AvgIpc) is 3.50. The number of carbonyl (C=O) groups excluding carboxylic acids is 2. The zero-order valence-corrected chi connectivity index (χ0v) is 21.3. The van der Waals surface area contributed by atoms with Crippen LogP contribution < -0.4 is 25.7 Å². The van der Waals surface area contributed by atoms with Crippen LogP contribution >= 0.6 is 0 Å². The summed E-state index contributed by atoms with van der Waals surface area (Å²) in [7, 11) is 1.82. The highest BCUT2D eigenvalue weighted by Crippen LogP contribution is 2.32. The molecule has 0 aliphatic heterocycles. The van der Waals surface area contributed by atoms with Crippen LogP contribution in [0.25, 0.3) is 11.0 Å². The molecule has 0 fully saturated rings. The number of amides is 3. The fraction of sp³-hybridized carbons (Fsp3) is 0.111. The number of imidazole rings is 2. The first kappa shape index (κ1) is 27.2. The Labute approximate surface area is 229 Å². The zero-order chi connectivity index (χ0) is 29.1. The molecule has 0 bridgehead atoms. The Morgan fingerprint density at radius 3 is 2.46 bits per heavy atom. The van der Waals surface area contributed by atoms with E-state index in [1.54, 1.807) is 47.4 Å². The number of nitrogens with zero attached hydrogens (tertiary/aromatic N) is 2. The molecular formula is C27H22F4N7O3+. The van der Waals surface area contributed by atoms with Crippen LogP contribution in [0.1, 0.15) is 11.3 Å². The van der Waals surface area contributed by atoms with E-state index in [1.165, 1.54) is 12.1 Å². The molecule has 0 aliphatic rings. The van der Waals surface area contributed by atoms with Gasteiger partial charge >= 0.3 is 18.2 Å². The third kappa shape index (κ3) is 6.79. The molecule has 0 radical (unpaired) electrons. The van der Waals surface area contributed by atoms with Crippen molar-refractivity contribution >= 4 is 40.3 Å². The highest BCUT2D eigenvalue weighted by atomic mass is 19.4. The molecule has 14 heteroatoms. The van der Waals surface area contributed by atoms with Crippen molar-refractivity contribution in [2.45, 2.75) is 12.6 Å². The third-order valence-electron chi connectivity index (χ3n) is 5.76. The predicted molar refractivity (Wildman–Crippen MR) is 141 cm³/mol. The van der Waals surface area contributed by atoms with Crippen molar-refractivity contribution in [2.24, 2.45) is 7.05 Å². The number of alkyl halides is 3. The van der Waals surface area contributed by atoms with Gasteiger partial charge in [0.2, 0.25) is 0 Å². The number of aromatic amines is 2. The van der Waals surface area contributed by atoms with E-state index in [9.17, 15) is 27.2 Å². The molecule has 0 atom stereocenters. The van der Waals surface area contributed by atoms with Gasteiger partial charge in [0.1, 0.15) is 28.3 Å². The molecule has 0 unspecified atom stereocenters. The van der Waals surface area contributed by atoms with Crippen LogP contribution in [0.5, 0.6) is 11.5 Å². The fourth-order valence-corrected chi connectivity index (χ4v) is 3.89. The van der Waals surface area contributed by atoms with E-state index < -0.39 is 29.3 Å². The number of rotatable bonds is 7. The minimum atomic E-state index is -4.68. The van der Waals surface area contributed by atoms with Gasteiger partial charge in [0, 0.05) is 25.0 Å². The second-order valence-electron chi connectivity index (χ2n) is 8.99. The van der Waals surface area contributed by atoms with Crippen LogP contribution in [0, 0.1) is 5.82 Å². The Hall–Kier alpha value is -5.40. The number of urea groups is 1.